The van der Waals surface area contributed by atoms with E-state index in [0.29, 0.717) is 50.6 Å². The van der Waals surface area contributed by atoms with E-state index in [4.69, 9.17) is 0 Å². The summed E-state index contributed by atoms with van der Waals surface area (Å²) in [6, 6.07) is 0. The maximum absolute atomic E-state index is 4.67. The molecule has 6 heteroatoms. The molecule has 6 nitrogen and oxygen atoms in total. The lowest BCUT2D eigenvalue weighted by atomic mass is 10.4. The summed E-state index contributed by atoms with van der Waals surface area (Å²) in [5.74, 6) is 1.79. The van der Waals surface area contributed by atoms with Crippen LogP contribution in [0.2, 0.25) is 0 Å². The van der Waals surface area contributed by atoms with Crippen LogP contribution in [0, 0.1) is 0 Å². The van der Waals surface area contributed by atoms with Crippen molar-refractivity contribution in [3.8, 4) is 0 Å². The molecule has 0 fully saturated rings. The third-order valence-electron chi connectivity index (χ3n) is 3.58. The van der Waals surface area contributed by atoms with Crippen molar-refractivity contribution < 1.29 is 0 Å². The van der Waals surface area contributed by atoms with Crippen LogP contribution in [-0.4, -0.2) is 54.2 Å². The zero-order valence-electron chi connectivity index (χ0n) is 15.8. The molecule has 0 radical (unpaired) electrons. The van der Waals surface area contributed by atoms with Gasteiger partial charge in [0.05, 0.1) is 0 Å². The third-order valence-corrected chi connectivity index (χ3v) is 3.58. The Balaban J connectivity index is 3.46. The van der Waals surface area contributed by atoms with Gasteiger partial charge in [0.1, 0.15) is 0 Å². The molecule has 0 N–H and O–H groups in total. The number of aromatic nitrogens is 3. The van der Waals surface area contributed by atoms with Crippen molar-refractivity contribution in [2.45, 2.75) is 6.92 Å². The van der Waals surface area contributed by atoms with Gasteiger partial charge in [-0.25, -0.2) is 0 Å². The summed E-state index contributed by atoms with van der Waals surface area (Å²) in [7, 11) is 0. The number of hydrogen-bond acceptors (Lipinski definition) is 6. The van der Waals surface area contributed by atoms with Crippen LogP contribution in [0.1, 0.15) is 6.92 Å². The van der Waals surface area contributed by atoms with Gasteiger partial charge in [0.15, 0.2) is 0 Å². The number of nitrogens with zero attached hydrogens (tertiary/aromatic N) is 6. The number of rotatable bonds is 14. The monoisotopic (exact) mass is 354 g/mol. The molecule has 1 heterocycles. The van der Waals surface area contributed by atoms with Crippen LogP contribution in [0.5, 0.6) is 0 Å². The first kappa shape index (κ1) is 21.2. The average molecular weight is 355 g/mol. The van der Waals surface area contributed by atoms with Crippen LogP contribution in [0.3, 0.4) is 0 Å². The zero-order valence-corrected chi connectivity index (χ0v) is 15.8. The fraction of sp³-hybridized carbons (Fsp3) is 0.350. The number of hydrogen-bond donors (Lipinski definition) is 0. The molecule has 0 unspecified atom stereocenters. The quantitative estimate of drug-likeness (QED) is 0.478. The van der Waals surface area contributed by atoms with E-state index in [1.165, 1.54) is 0 Å². The first-order chi connectivity index (χ1) is 12.6. The molecule has 1 aromatic rings. The summed E-state index contributed by atoms with van der Waals surface area (Å²) in [5.41, 5.74) is 0. The SMILES string of the molecule is C=CCN(CC)c1nc(N(CC=C)CC=C)nc(N(CC=C)CC=C)n1. The van der Waals surface area contributed by atoms with Crippen molar-refractivity contribution in [1.29, 1.82) is 0 Å². The Morgan fingerprint density at radius 2 is 0.846 bits per heavy atom. The Labute approximate surface area is 157 Å². The zero-order chi connectivity index (χ0) is 19.4. The molecule has 140 valence electrons. The highest BCUT2D eigenvalue weighted by Gasteiger charge is 2.18. The lowest BCUT2D eigenvalue weighted by molar-refractivity contribution is 0.791. The molecular weight excluding hydrogens is 324 g/mol. The van der Waals surface area contributed by atoms with Gasteiger partial charge in [0, 0.05) is 39.3 Å². The summed E-state index contributed by atoms with van der Waals surface area (Å²) in [6.45, 7) is 25.0. The fourth-order valence-corrected chi connectivity index (χ4v) is 2.37. The van der Waals surface area contributed by atoms with Crippen LogP contribution in [0.15, 0.2) is 63.3 Å². The van der Waals surface area contributed by atoms with Crippen LogP contribution in [0.25, 0.3) is 0 Å². The molecule has 0 saturated carbocycles. The maximum Gasteiger partial charge on any atom is 0.232 e. The lowest BCUT2D eigenvalue weighted by Crippen LogP contribution is -2.32. The van der Waals surface area contributed by atoms with Gasteiger partial charge in [-0.1, -0.05) is 30.4 Å². The standard InChI is InChI=1S/C20H30N6/c1-7-13-24(12-6)18-21-19(25(14-8-2)15-9-3)23-20(22-18)26(16-10-4)17-11-5/h7-11H,1-5,12-17H2,6H3. The average Bonchev–Trinajstić information content (AvgIpc) is 2.65. The summed E-state index contributed by atoms with van der Waals surface area (Å²) < 4.78 is 0. The van der Waals surface area contributed by atoms with E-state index >= 15 is 0 Å². The Kier molecular flexibility index (Phi) is 9.46. The van der Waals surface area contributed by atoms with E-state index in [0.717, 1.165) is 6.54 Å². The largest absolute Gasteiger partial charge is 0.337 e. The summed E-state index contributed by atoms with van der Waals surface area (Å²) in [6.07, 6.45) is 9.11. The first-order valence-corrected chi connectivity index (χ1v) is 8.70. The van der Waals surface area contributed by atoms with Crippen molar-refractivity contribution in [1.82, 2.24) is 15.0 Å². The first-order valence-electron chi connectivity index (χ1n) is 8.70. The van der Waals surface area contributed by atoms with Gasteiger partial charge in [0.25, 0.3) is 0 Å². The van der Waals surface area contributed by atoms with Crippen molar-refractivity contribution >= 4 is 17.8 Å². The molecule has 0 aliphatic carbocycles. The topological polar surface area (TPSA) is 48.4 Å². The van der Waals surface area contributed by atoms with Crippen molar-refractivity contribution in [3.05, 3.63) is 63.3 Å². The normalized spacial score (nSPS) is 9.88. The molecule has 0 amide bonds. The lowest BCUT2D eigenvalue weighted by Gasteiger charge is -2.26. The number of anilines is 3. The second kappa shape index (κ2) is 11.6. The minimum Gasteiger partial charge on any atom is -0.337 e. The van der Waals surface area contributed by atoms with E-state index in [-0.39, 0.29) is 0 Å². The number of likely N-dealkylation sites (N-methyl/N-ethyl adjacent to an activating group) is 1. The second-order valence-electron chi connectivity index (χ2n) is 5.53. The second-order valence-corrected chi connectivity index (χ2v) is 5.53. The van der Waals surface area contributed by atoms with Gasteiger partial charge in [-0.3, -0.25) is 0 Å². The summed E-state index contributed by atoms with van der Waals surface area (Å²) in [5, 5.41) is 0. The highest BCUT2D eigenvalue weighted by atomic mass is 15.4. The molecule has 0 aliphatic heterocycles. The molecule has 0 spiro atoms. The van der Waals surface area contributed by atoms with E-state index in [2.05, 4.69) is 54.8 Å². The van der Waals surface area contributed by atoms with Crippen molar-refractivity contribution in [2.24, 2.45) is 0 Å². The Morgan fingerprint density at radius 1 is 0.577 bits per heavy atom. The highest BCUT2D eigenvalue weighted by Crippen LogP contribution is 2.19. The van der Waals surface area contributed by atoms with Crippen LogP contribution >= 0.6 is 0 Å². The Bertz CT molecular complexity index is 562. The summed E-state index contributed by atoms with van der Waals surface area (Å²) >= 11 is 0. The smallest absolute Gasteiger partial charge is 0.232 e. The molecule has 0 aromatic carbocycles. The minimum absolute atomic E-state index is 0.588. The van der Waals surface area contributed by atoms with E-state index in [9.17, 15) is 0 Å². The van der Waals surface area contributed by atoms with Gasteiger partial charge in [-0.15, -0.1) is 32.9 Å². The highest BCUT2D eigenvalue weighted by molar-refractivity contribution is 5.48. The van der Waals surface area contributed by atoms with Crippen molar-refractivity contribution in [2.75, 3.05) is 54.0 Å². The van der Waals surface area contributed by atoms with Crippen LogP contribution < -0.4 is 14.7 Å². The summed E-state index contributed by atoms with van der Waals surface area (Å²) in [4.78, 5) is 20.1. The van der Waals surface area contributed by atoms with Gasteiger partial charge < -0.3 is 14.7 Å². The predicted octanol–water partition coefficient (Wildman–Crippen LogP) is 3.24. The van der Waals surface area contributed by atoms with Gasteiger partial charge >= 0.3 is 0 Å². The van der Waals surface area contributed by atoms with Crippen LogP contribution in [-0.2, 0) is 0 Å². The molecule has 0 saturated heterocycles. The molecule has 1 aromatic heterocycles. The Morgan fingerprint density at radius 3 is 1.12 bits per heavy atom. The van der Waals surface area contributed by atoms with Gasteiger partial charge in [0.2, 0.25) is 17.8 Å². The van der Waals surface area contributed by atoms with Gasteiger partial charge in [-0.05, 0) is 6.92 Å². The Hall–Kier alpha value is -2.89. The molecule has 0 aliphatic rings. The van der Waals surface area contributed by atoms with E-state index < -0.39 is 0 Å². The fourth-order valence-electron chi connectivity index (χ4n) is 2.37. The third kappa shape index (κ3) is 5.88. The maximum atomic E-state index is 4.67. The van der Waals surface area contributed by atoms with Crippen LogP contribution in [0.4, 0.5) is 17.8 Å². The van der Waals surface area contributed by atoms with Gasteiger partial charge in [-0.2, -0.15) is 15.0 Å². The molecule has 1 rings (SSSR count). The van der Waals surface area contributed by atoms with Crippen molar-refractivity contribution in [3.63, 3.8) is 0 Å². The van der Waals surface area contributed by atoms with E-state index in [1.54, 1.807) is 0 Å². The molecular formula is C20H30N6. The molecule has 26 heavy (non-hydrogen) atoms. The molecule has 0 atom stereocenters. The minimum atomic E-state index is 0.588. The molecule has 0 bridgehead atoms. The van der Waals surface area contributed by atoms with E-state index in [1.807, 2.05) is 45.1 Å². The predicted molar refractivity (Wildman–Crippen MR) is 113 cm³/mol.